The van der Waals surface area contributed by atoms with Crippen molar-refractivity contribution >= 4 is 17.6 Å². The average Bonchev–Trinajstić information content (AvgIpc) is 2.37. The molecular formula is C8H16N2S. The van der Waals surface area contributed by atoms with Gasteiger partial charge in [-0.25, -0.2) is 0 Å². The van der Waals surface area contributed by atoms with Gasteiger partial charge in [-0.15, -0.1) is 0 Å². The van der Waals surface area contributed by atoms with Crippen LogP contribution in [0.4, 0.5) is 0 Å². The van der Waals surface area contributed by atoms with Gasteiger partial charge in [-0.1, -0.05) is 6.92 Å². The van der Waals surface area contributed by atoms with Gasteiger partial charge in [0.05, 0.1) is 12.3 Å². The van der Waals surface area contributed by atoms with Crippen molar-refractivity contribution in [2.24, 2.45) is 4.99 Å². The molecule has 11 heavy (non-hydrogen) atoms. The van der Waals surface area contributed by atoms with Crippen LogP contribution in [0.5, 0.6) is 0 Å². The van der Waals surface area contributed by atoms with Crippen molar-refractivity contribution in [2.75, 3.05) is 18.1 Å². The molecule has 0 aliphatic carbocycles. The number of nitrogens with one attached hydrogen (secondary N) is 1. The smallest absolute Gasteiger partial charge is 0.107 e. The van der Waals surface area contributed by atoms with E-state index in [4.69, 9.17) is 0 Å². The standard InChI is InChI=1S/C8H16N2S/c1-3-4-11-6-8-9-5-7(2)10-8/h7H,3-6H2,1-2H3,(H,9,10). The SMILES string of the molecule is CCCSCC1=NCC(C)N1. The van der Waals surface area contributed by atoms with E-state index in [9.17, 15) is 0 Å². The first-order valence-corrected chi connectivity index (χ1v) is 5.36. The third-order valence-corrected chi connectivity index (χ3v) is 2.73. The monoisotopic (exact) mass is 172 g/mol. The molecule has 64 valence electrons. The van der Waals surface area contributed by atoms with Gasteiger partial charge in [-0.3, -0.25) is 4.99 Å². The van der Waals surface area contributed by atoms with Gasteiger partial charge in [-0.05, 0) is 19.1 Å². The Hall–Kier alpha value is -0.180. The number of nitrogens with zero attached hydrogens (tertiary/aromatic N) is 1. The topological polar surface area (TPSA) is 24.4 Å². The van der Waals surface area contributed by atoms with E-state index >= 15 is 0 Å². The Labute approximate surface area is 72.9 Å². The minimum absolute atomic E-state index is 0.562. The molecule has 1 N–H and O–H groups in total. The van der Waals surface area contributed by atoms with Crippen LogP contribution in [-0.4, -0.2) is 29.9 Å². The van der Waals surface area contributed by atoms with Crippen molar-refractivity contribution in [3.8, 4) is 0 Å². The largest absolute Gasteiger partial charge is 0.369 e. The van der Waals surface area contributed by atoms with Crippen LogP contribution in [0, 0.1) is 0 Å². The van der Waals surface area contributed by atoms with Crippen molar-refractivity contribution in [3.05, 3.63) is 0 Å². The van der Waals surface area contributed by atoms with Crippen LogP contribution in [0.2, 0.25) is 0 Å². The summed E-state index contributed by atoms with van der Waals surface area (Å²) in [5, 5.41) is 3.34. The maximum Gasteiger partial charge on any atom is 0.107 e. The summed E-state index contributed by atoms with van der Waals surface area (Å²) in [6.45, 7) is 5.34. The molecule has 0 amide bonds. The normalized spacial score (nSPS) is 23.1. The molecule has 0 aromatic carbocycles. The molecule has 0 saturated heterocycles. The van der Waals surface area contributed by atoms with Crippen LogP contribution >= 0.6 is 11.8 Å². The maximum absolute atomic E-state index is 4.37. The lowest BCUT2D eigenvalue weighted by atomic mass is 10.4. The minimum atomic E-state index is 0.562. The van der Waals surface area contributed by atoms with Crippen LogP contribution in [0.3, 0.4) is 0 Å². The van der Waals surface area contributed by atoms with Gasteiger partial charge >= 0.3 is 0 Å². The fraction of sp³-hybridized carbons (Fsp3) is 0.875. The molecule has 1 rings (SSSR count). The number of hydrogen-bond donors (Lipinski definition) is 1. The first kappa shape index (κ1) is 8.91. The third kappa shape index (κ3) is 3.14. The van der Waals surface area contributed by atoms with E-state index in [1.807, 2.05) is 11.8 Å². The quantitative estimate of drug-likeness (QED) is 0.650. The third-order valence-electron chi connectivity index (χ3n) is 1.56. The molecule has 0 fully saturated rings. The summed E-state index contributed by atoms with van der Waals surface area (Å²) >= 11 is 1.96. The Balaban J connectivity index is 2.08. The molecular weight excluding hydrogens is 156 g/mol. The molecule has 1 unspecified atom stereocenters. The molecule has 0 aromatic heterocycles. The highest BCUT2D eigenvalue weighted by Gasteiger charge is 2.10. The second-order valence-corrected chi connectivity index (χ2v) is 3.99. The summed E-state index contributed by atoms with van der Waals surface area (Å²) in [5.74, 6) is 3.50. The fourth-order valence-corrected chi connectivity index (χ4v) is 1.82. The second-order valence-electron chi connectivity index (χ2n) is 2.89. The van der Waals surface area contributed by atoms with E-state index in [-0.39, 0.29) is 0 Å². The highest BCUT2D eigenvalue weighted by Crippen LogP contribution is 2.05. The van der Waals surface area contributed by atoms with Gasteiger partial charge in [-0.2, -0.15) is 11.8 Å². The summed E-state index contributed by atoms with van der Waals surface area (Å²) in [6.07, 6.45) is 1.26. The zero-order chi connectivity index (χ0) is 8.10. The minimum Gasteiger partial charge on any atom is -0.369 e. The highest BCUT2D eigenvalue weighted by atomic mass is 32.2. The van der Waals surface area contributed by atoms with Crippen LogP contribution in [0.15, 0.2) is 4.99 Å². The number of hydrogen-bond acceptors (Lipinski definition) is 3. The average molecular weight is 172 g/mol. The maximum atomic E-state index is 4.37. The molecule has 0 saturated carbocycles. The van der Waals surface area contributed by atoms with Gasteiger partial charge in [0.2, 0.25) is 0 Å². The molecule has 0 radical (unpaired) electrons. The Morgan fingerprint density at radius 1 is 1.73 bits per heavy atom. The van der Waals surface area contributed by atoms with E-state index in [0.717, 1.165) is 12.3 Å². The Morgan fingerprint density at radius 2 is 2.55 bits per heavy atom. The van der Waals surface area contributed by atoms with Gasteiger partial charge in [0.25, 0.3) is 0 Å². The first-order chi connectivity index (χ1) is 5.33. The molecule has 3 heteroatoms. The number of thioether (sulfide) groups is 1. The summed E-state index contributed by atoms with van der Waals surface area (Å²) in [4.78, 5) is 4.37. The molecule has 1 aliphatic heterocycles. The van der Waals surface area contributed by atoms with Crippen molar-refractivity contribution in [1.82, 2.24) is 5.32 Å². The van der Waals surface area contributed by atoms with E-state index < -0.39 is 0 Å². The van der Waals surface area contributed by atoms with E-state index in [2.05, 4.69) is 24.2 Å². The molecule has 0 spiro atoms. The fourth-order valence-electron chi connectivity index (χ4n) is 1.02. The number of rotatable bonds is 4. The Morgan fingerprint density at radius 3 is 3.09 bits per heavy atom. The lowest BCUT2D eigenvalue weighted by molar-refractivity contribution is 0.725. The predicted octanol–water partition coefficient (Wildman–Crippen LogP) is 1.52. The Kier molecular flexibility index (Phi) is 3.77. The van der Waals surface area contributed by atoms with Gasteiger partial charge in [0, 0.05) is 6.04 Å². The van der Waals surface area contributed by atoms with Crippen molar-refractivity contribution in [1.29, 1.82) is 0 Å². The summed E-state index contributed by atoms with van der Waals surface area (Å²) in [5.41, 5.74) is 0. The molecule has 1 aliphatic rings. The molecule has 2 nitrogen and oxygen atoms in total. The van der Waals surface area contributed by atoms with Crippen molar-refractivity contribution < 1.29 is 0 Å². The second kappa shape index (κ2) is 4.65. The highest BCUT2D eigenvalue weighted by molar-refractivity contribution is 7.99. The summed E-state index contributed by atoms with van der Waals surface area (Å²) < 4.78 is 0. The van der Waals surface area contributed by atoms with E-state index in [1.165, 1.54) is 18.0 Å². The molecule has 1 heterocycles. The van der Waals surface area contributed by atoms with Crippen LogP contribution in [0.25, 0.3) is 0 Å². The molecule has 0 aromatic rings. The first-order valence-electron chi connectivity index (χ1n) is 4.20. The van der Waals surface area contributed by atoms with Crippen LogP contribution < -0.4 is 5.32 Å². The van der Waals surface area contributed by atoms with Crippen LogP contribution in [-0.2, 0) is 0 Å². The van der Waals surface area contributed by atoms with Crippen molar-refractivity contribution in [3.63, 3.8) is 0 Å². The van der Waals surface area contributed by atoms with Crippen LogP contribution in [0.1, 0.15) is 20.3 Å². The lowest BCUT2D eigenvalue weighted by Gasteiger charge is -2.04. The Bertz CT molecular complexity index is 145. The summed E-state index contributed by atoms with van der Waals surface area (Å²) in [6, 6.07) is 0.562. The van der Waals surface area contributed by atoms with Crippen molar-refractivity contribution in [2.45, 2.75) is 26.3 Å². The van der Waals surface area contributed by atoms with E-state index in [1.54, 1.807) is 0 Å². The zero-order valence-electron chi connectivity index (χ0n) is 7.26. The number of aliphatic imine (C=N–C) groups is 1. The van der Waals surface area contributed by atoms with Gasteiger partial charge in [0.1, 0.15) is 5.84 Å². The summed E-state index contributed by atoms with van der Waals surface area (Å²) in [7, 11) is 0. The molecule has 1 atom stereocenters. The zero-order valence-corrected chi connectivity index (χ0v) is 8.08. The lowest BCUT2D eigenvalue weighted by Crippen LogP contribution is -2.28. The number of amidine groups is 1. The molecule has 0 bridgehead atoms. The van der Waals surface area contributed by atoms with Gasteiger partial charge in [0.15, 0.2) is 0 Å². The predicted molar refractivity (Wildman–Crippen MR) is 52.5 cm³/mol. The van der Waals surface area contributed by atoms with Gasteiger partial charge < -0.3 is 5.32 Å². The van der Waals surface area contributed by atoms with E-state index in [0.29, 0.717) is 6.04 Å².